The fourth-order valence-electron chi connectivity index (χ4n) is 1.56. The van der Waals surface area contributed by atoms with Crippen molar-refractivity contribution in [1.29, 1.82) is 0 Å². The Balaban J connectivity index is 2.12. The molecular formula is C9H11BrOS2. The van der Waals surface area contributed by atoms with Gasteiger partial charge in [-0.25, -0.2) is 0 Å². The smallest absolute Gasteiger partial charge is 0.0845 e. The van der Waals surface area contributed by atoms with Gasteiger partial charge >= 0.3 is 0 Å². The number of halogens is 1. The van der Waals surface area contributed by atoms with Crippen LogP contribution in [-0.4, -0.2) is 16.6 Å². The lowest BCUT2D eigenvalue weighted by molar-refractivity contribution is 0.121. The fraction of sp³-hybridized carbons (Fsp3) is 0.556. The van der Waals surface area contributed by atoms with Gasteiger partial charge in [-0.1, -0.05) is 0 Å². The van der Waals surface area contributed by atoms with Gasteiger partial charge in [0.1, 0.15) is 0 Å². The summed E-state index contributed by atoms with van der Waals surface area (Å²) in [4.78, 5) is 0. The number of hydrogen-bond donors (Lipinski definition) is 1. The standard InChI is InChI=1S/C9H11BrOS2/c10-8-5-13-4-7(8)9(11)6-1-2-12-3-6/h4-6,9,11H,1-3H2. The van der Waals surface area contributed by atoms with E-state index in [1.54, 1.807) is 11.3 Å². The van der Waals surface area contributed by atoms with Gasteiger partial charge in [-0.3, -0.25) is 0 Å². The molecule has 0 bridgehead atoms. The molecule has 0 aliphatic carbocycles. The topological polar surface area (TPSA) is 20.2 Å². The van der Waals surface area contributed by atoms with Crippen LogP contribution in [0.25, 0.3) is 0 Å². The van der Waals surface area contributed by atoms with E-state index in [2.05, 4.69) is 15.9 Å². The number of aliphatic hydroxyl groups is 1. The molecule has 1 aliphatic heterocycles. The van der Waals surface area contributed by atoms with Gasteiger partial charge in [0.05, 0.1) is 6.10 Å². The minimum absolute atomic E-state index is 0.268. The summed E-state index contributed by atoms with van der Waals surface area (Å²) in [7, 11) is 0. The zero-order valence-electron chi connectivity index (χ0n) is 7.07. The molecule has 0 amide bonds. The van der Waals surface area contributed by atoms with Gasteiger partial charge in [-0.05, 0) is 45.2 Å². The van der Waals surface area contributed by atoms with Gasteiger partial charge in [0.25, 0.3) is 0 Å². The molecule has 72 valence electrons. The quantitative estimate of drug-likeness (QED) is 0.896. The van der Waals surface area contributed by atoms with Crippen molar-refractivity contribution in [2.45, 2.75) is 12.5 Å². The van der Waals surface area contributed by atoms with Gasteiger partial charge in [0.2, 0.25) is 0 Å². The number of rotatable bonds is 2. The fourth-order valence-corrected chi connectivity index (χ4v) is 4.41. The SMILES string of the molecule is OC(c1cscc1Br)C1CCSC1. The van der Waals surface area contributed by atoms with Crippen molar-refractivity contribution >= 4 is 39.0 Å². The minimum Gasteiger partial charge on any atom is -0.388 e. The summed E-state index contributed by atoms with van der Waals surface area (Å²) < 4.78 is 1.06. The van der Waals surface area contributed by atoms with E-state index in [1.165, 1.54) is 5.75 Å². The molecule has 0 saturated carbocycles. The highest BCUT2D eigenvalue weighted by atomic mass is 79.9. The molecule has 1 aliphatic rings. The normalized spacial score (nSPS) is 24.9. The first-order valence-electron chi connectivity index (χ1n) is 4.26. The summed E-state index contributed by atoms with van der Waals surface area (Å²) >= 11 is 7.04. The maximum Gasteiger partial charge on any atom is 0.0845 e. The van der Waals surface area contributed by atoms with Crippen molar-refractivity contribution in [3.63, 3.8) is 0 Å². The summed E-state index contributed by atoms with van der Waals surface area (Å²) in [5.41, 5.74) is 1.07. The Kier molecular flexibility index (Phi) is 3.35. The van der Waals surface area contributed by atoms with Crippen LogP contribution < -0.4 is 0 Å². The van der Waals surface area contributed by atoms with E-state index in [4.69, 9.17) is 0 Å². The van der Waals surface area contributed by atoms with E-state index in [0.29, 0.717) is 5.92 Å². The van der Waals surface area contributed by atoms with E-state index in [9.17, 15) is 5.11 Å². The van der Waals surface area contributed by atoms with Crippen LogP contribution in [0.3, 0.4) is 0 Å². The average Bonchev–Trinajstić information content (AvgIpc) is 2.72. The third kappa shape index (κ3) is 2.12. The third-order valence-electron chi connectivity index (χ3n) is 2.37. The monoisotopic (exact) mass is 278 g/mol. The lowest BCUT2D eigenvalue weighted by Gasteiger charge is -2.16. The van der Waals surface area contributed by atoms with Crippen LogP contribution in [0.4, 0.5) is 0 Å². The number of thiophene rings is 1. The molecule has 2 atom stereocenters. The second kappa shape index (κ2) is 4.34. The molecule has 4 heteroatoms. The van der Waals surface area contributed by atoms with E-state index in [1.807, 2.05) is 22.5 Å². The molecule has 0 radical (unpaired) electrons. The molecule has 0 spiro atoms. The summed E-state index contributed by atoms with van der Waals surface area (Å²) in [5, 5.41) is 14.1. The summed E-state index contributed by atoms with van der Waals surface area (Å²) in [6.45, 7) is 0. The average molecular weight is 279 g/mol. The van der Waals surface area contributed by atoms with E-state index < -0.39 is 0 Å². The Labute approximate surface area is 94.7 Å². The Morgan fingerprint density at radius 3 is 2.92 bits per heavy atom. The first-order valence-corrected chi connectivity index (χ1v) is 7.15. The van der Waals surface area contributed by atoms with E-state index >= 15 is 0 Å². The van der Waals surface area contributed by atoms with Crippen molar-refractivity contribution < 1.29 is 5.11 Å². The zero-order valence-corrected chi connectivity index (χ0v) is 10.3. The summed E-state index contributed by atoms with van der Waals surface area (Å²) in [5.74, 6) is 2.75. The largest absolute Gasteiger partial charge is 0.388 e. The molecule has 2 unspecified atom stereocenters. The minimum atomic E-state index is -0.268. The van der Waals surface area contributed by atoms with E-state index in [-0.39, 0.29) is 6.10 Å². The highest BCUT2D eigenvalue weighted by Crippen LogP contribution is 2.37. The predicted molar refractivity (Wildman–Crippen MR) is 62.4 cm³/mol. The van der Waals surface area contributed by atoms with Crippen molar-refractivity contribution in [3.05, 3.63) is 20.8 Å². The molecule has 1 fully saturated rings. The molecular weight excluding hydrogens is 268 g/mol. The number of aliphatic hydroxyl groups excluding tert-OH is 1. The van der Waals surface area contributed by atoms with Crippen LogP contribution in [0, 0.1) is 5.92 Å². The lowest BCUT2D eigenvalue weighted by atomic mass is 9.97. The third-order valence-corrected chi connectivity index (χ3v) is 5.31. The lowest BCUT2D eigenvalue weighted by Crippen LogP contribution is -2.11. The van der Waals surface area contributed by atoms with Crippen molar-refractivity contribution in [3.8, 4) is 0 Å². The molecule has 0 aromatic carbocycles. The van der Waals surface area contributed by atoms with Crippen molar-refractivity contribution in [2.24, 2.45) is 5.92 Å². The molecule has 2 rings (SSSR count). The van der Waals surface area contributed by atoms with Crippen molar-refractivity contribution in [2.75, 3.05) is 11.5 Å². The molecule has 1 saturated heterocycles. The maximum atomic E-state index is 10.1. The predicted octanol–water partition coefficient (Wildman–Crippen LogP) is 3.30. The zero-order chi connectivity index (χ0) is 9.26. The van der Waals surface area contributed by atoms with Gasteiger partial charge in [-0.15, -0.1) is 0 Å². The first kappa shape index (κ1) is 10.0. The Morgan fingerprint density at radius 2 is 2.38 bits per heavy atom. The highest BCUT2D eigenvalue weighted by Gasteiger charge is 2.26. The van der Waals surface area contributed by atoms with Gasteiger partial charge in [0, 0.05) is 15.4 Å². The molecule has 1 aromatic rings. The van der Waals surface area contributed by atoms with Crippen LogP contribution in [0.15, 0.2) is 15.2 Å². The Bertz CT molecular complexity index is 281. The molecule has 1 N–H and O–H groups in total. The van der Waals surface area contributed by atoms with Crippen LogP contribution in [0.2, 0.25) is 0 Å². The van der Waals surface area contributed by atoms with Gasteiger partial charge < -0.3 is 5.11 Å². The van der Waals surface area contributed by atoms with Crippen molar-refractivity contribution in [1.82, 2.24) is 0 Å². The second-order valence-electron chi connectivity index (χ2n) is 3.24. The van der Waals surface area contributed by atoms with Gasteiger partial charge in [-0.2, -0.15) is 23.1 Å². The van der Waals surface area contributed by atoms with Crippen LogP contribution in [-0.2, 0) is 0 Å². The summed E-state index contributed by atoms with van der Waals surface area (Å²) in [6, 6.07) is 0. The van der Waals surface area contributed by atoms with E-state index in [0.717, 1.165) is 22.2 Å². The Hall–Kier alpha value is 0.490. The van der Waals surface area contributed by atoms with Gasteiger partial charge in [0.15, 0.2) is 0 Å². The molecule has 1 aromatic heterocycles. The molecule has 13 heavy (non-hydrogen) atoms. The molecule has 2 heterocycles. The summed E-state index contributed by atoms with van der Waals surface area (Å²) in [6.07, 6.45) is 0.879. The maximum absolute atomic E-state index is 10.1. The number of hydrogen-bond acceptors (Lipinski definition) is 3. The van der Waals surface area contributed by atoms with Crippen LogP contribution in [0.1, 0.15) is 18.1 Å². The second-order valence-corrected chi connectivity index (χ2v) is 5.99. The molecule has 1 nitrogen and oxygen atoms in total. The Morgan fingerprint density at radius 1 is 1.54 bits per heavy atom. The number of thioether (sulfide) groups is 1. The van der Waals surface area contributed by atoms with Crippen LogP contribution >= 0.6 is 39.0 Å². The first-order chi connectivity index (χ1) is 6.29. The van der Waals surface area contributed by atoms with Crippen LogP contribution in [0.5, 0.6) is 0 Å². The highest BCUT2D eigenvalue weighted by molar-refractivity contribution is 9.10.